The van der Waals surface area contributed by atoms with Crippen LogP contribution in [0.15, 0.2) is 30.3 Å². The molecule has 0 amide bonds. The molecular formula is C9H14NO+. The van der Waals surface area contributed by atoms with Gasteiger partial charge in [0.25, 0.3) is 0 Å². The van der Waals surface area contributed by atoms with Crippen LogP contribution in [0.3, 0.4) is 0 Å². The second-order valence-electron chi connectivity index (χ2n) is 2.57. The molecule has 0 aliphatic carbocycles. The zero-order chi connectivity index (χ0) is 8.10. The summed E-state index contributed by atoms with van der Waals surface area (Å²) in [4.78, 5) is 0. The van der Waals surface area contributed by atoms with Gasteiger partial charge in [0.1, 0.15) is 12.6 Å². The molecular weight excluding hydrogens is 138 g/mol. The lowest BCUT2D eigenvalue weighted by molar-refractivity contribution is -0.634. The first-order valence-corrected chi connectivity index (χ1v) is 3.85. The standard InChI is InChI=1S/C9H13NO/c1-10-7-9(11)8-5-3-2-4-6-8/h2-6,9-11H,7H2,1H3/p+1/t9-/m1/s1. The maximum Gasteiger partial charge on any atom is 0.128 e. The third-order valence-electron chi connectivity index (χ3n) is 1.64. The summed E-state index contributed by atoms with van der Waals surface area (Å²) in [6.45, 7) is 0.726. The molecule has 0 saturated carbocycles. The van der Waals surface area contributed by atoms with E-state index in [1.807, 2.05) is 42.7 Å². The zero-order valence-electron chi connectivity index (χ0n) is 6.70. The Kier molecular flexibility index (Phi) is 3.08. The van der Waals surface area contributed by atoms with Crippen molar-refractivity contribution >= 4 is 0 Å². The molecule has 3 N–H and O–H groups in total. The Morgan fingerprint density at radius 3 is 2.55 bits per heavy atom. The smallest absolute Gasteiger partial charge is 0.128 e. The monoisotopic (exact) mass is 152 g/mol. The van der Waals surface area contributed by atoms with Gasteiger partial charge in [-0.05, 0) is 5.56 Å². The number of aliphatic hydroxyl groups excluding tert-OH is 1. The highest BCUT2D eigenvalue weighted by molar-refractivity contribution is 5.16. The molecule has 0 bridgehead atoms. The molecule has 0 heterocycles. The molecule has 0 radical (unpaired) electrons. The summed E-state index contributed by atoms with van der Waals surface area (Å²) < 4.78 is 0. The van der Waals surface area contributed by atoms with E-state index in [1.54, 1.807) is 0 Å². The van der Waals surface area contributed by atoms with Gasteiger partial charge in [-0.25, -0.2) is 0 Å². The van der Waals surface area contributed by atoms with Gasteiger partial charge < -0.3 is 10.4 Å². The van der Waals surface area contributed by atoms with Gasteiger partial charge in [-0.1, -0.05) is 30.3 Å². The third kappa shape index (κ3) is 2.33. The second kappa shape index (κ2) is 4.11. The predicted octanol–water partition coefficient (Wildman–Crippen LogP) is -0.0868. The lowest BCUT2D eigenvalue weighted by Crippen LogP contribution is -2.80. The summed E-state index contributed by atoms with van der Waals surface area (Å²) in [5.41, 5.74) is 0.991. The molecule has 0 saturated heterocycles. The van der Waals surface area contributed by atoms with E-state index >= 15 is 0 Å². The highest BCUT2D eigenvalue weighted by Crippen LogP contribution is 2.08. The highest BCUT2D eigenvalue weighted by Gasteiger charge is 2.05. The van der Waals surface area contributed by atoms with Crippen LogP contribution in [0, 0.1) is 0 Å². The van der Waals surface area contributed by atoms with Gasteiger partial charge in [0, 0.05) is 0 Å². The molecule has 0 aliphatic rings. The van der Waals surface area contributed by atoms with Gasteiger partial charge in [0.05, 0.1) is 7.05 Å². The van der Waals surface area contributed by atoms with Crippen LogP contribution < -0.4 is 5.32 Å². The fraction of sp³-hybridized carbons (Fsp3) is 0.333. The van der Waals surface area contributed by atoms with Crippen LogP contribution in [-0.2, 0) is 0 Å². The minimum atomic E-state index is -0.332. The van der Waals surface area contributed by atoms with Crippen LogP contribution in [0.2, 0.25) is 0 Å². The van der Waals surface area contributed by atoms with Crippen molar-refractivity contribution in [2.45, 2.75) is 6.10 Å². The van der Waals surface area contributed by atoms with Crippen molar-refractivity contribution in [1.82, 2.24) is 0 Å². The molecule has 1 aromatic carbocycles. The van der Waals surface area contributed by atoms with Crippen LogP contribution in [0.4, 0.5) is 0 Å². The van der Waals surface area contributed by atoms with Crippen LogP contribution >= 0.6 is 0 Å². The van der Waals surface area contributed by atoms with Crippen molar-refractivity contribution in [2.75, 3.05) is 13.6 Å². The largest absolute Gasteiger partial charge is 0.382 e. The molecule has 1 aromatic rings. The number of nitrogens with two attached hydrogens (primary N) is 1. The Balaban J connectivity index is 2.61. The lowest BCUT2D eigenvalue weighted by atomic mass is 10.1. The van der Waals surface area contributed by atoms with E-state index in [0.717, 1.165) is 12.1 Å². The lowest BCUT2D eigenvalue weighted by Gasteiger charge is -2.06. The Bertz CT molecular complexity index is 198. The molecule has 0 aromatic heterocycles. The minimum absolute atomic E-state index is 0.332. The van der Waals surface area contributed by atoms with Crippen LogP contribution in [0.5, 0.6) is 0 Å². The first kappa shape index (κ1) is 8.24. The SMILES string of the molecule is C[NH2+]C[C@@H](O)c1ccccc1. The Hall–Kier alpha value is -0.860. The third-order valence-corrected chi connectivity index (χ3v) is 1.64. The number of benzene rings is 1. The second-order valence-corrected chi connectivity index (χ2v) is 2.57. The average molecular weight is 152 g/mol. The Morgan fingerprint density at radius 2 is 2.00 bits per heavy atom. The summed E-state index contributed by atoms with van der Waals surface area (Å²) in [6, 6.07) is 9.70. The van der Waals surface area contributed by atoms with E-state index in [9.17, 15) is 5.11 Å². The number of hydrogen-bond acceptors (Lipinski definition) is 1. The number of quaternary nitrogens is 1. The normalized spacial score (nSPS) is 12.9. The molecule has 0 fully saturated rings. The summed E-state index contributed by atoms with van der Waals surface area (Å²) in [6.07, 6.45) is -0.332. The number of rotatable bonds is 3. The van der Waals surface area contributed by atoms with Gasteiger partial charge in [0.15, 0.2) is 0 Å². The number of aliphatic hydroxyl groups is 1. The van der Waals surface area contributed by atoms with Gasteiger partial charge >= 0.3 is 0 Å². The minimum Gasteiger partial charge on any atom is -0.382 e. The van der Waals surface area contributed by atoms with E-state index < -0.39 is 0 Å². The molecule has 1 rings (SSSR count). The Labute approximate surface area is 66.9 Å². The van der Waals surface area contributed by atoms with Crippen molar-refractivity contribution < 1.29 is 10.4 Å². The van der Waals surface area contributed by atoms with E-state index in [4.69, 9.17) is 0 Å². The molecule has 11 heavy (non-hydrogen) atoms. The molecule has 1 atom stereocenters. The van der Waals surface area contributed by atoms with E-state index in [1.165, 1.54) is 0 Å². The molecule has 60 valence electrons. The first-order valence-electron chi connectivity index (χ1n) is 3.85. The number of hydrogen-bond donors (Lipinski definition) is 2. The van der Waals surface area contributed by atoms with Crippen LogP contribution in [0.1, 0.15) is 11.7 Å². The molecule has 0 aliphatic heterocycles. The Morgan fingerprint density at radius 1 is 1.36 bits per heavy atom. The maximum absolute atomic E-state index is 9.49. The molecule has 2 heteroatoms. The van der Waals surface area contributed by atoms with Gasteiger partial charge in [-0.15, -0.1) is 0 Å². The van der Waals surface area contributed by atoms with Gasteiger partial charge in [0.2, 0.25) is 0 Å². The first-order chi connectivity index (χ1) is 5.34. The molecule has 2 nitrogen and oxygen atoms in total. The van der Waals surface area contributed by atoms with Crippen molar-refractivity contribution in [3.05, 3.63) is 35.9 Å². The van der Waals surface area contributed by atoms with Crippen molar-refractivity contribution in [1.29, 1.82) is 0 Å². The van der Waals surface area contributed by atoms with Crippen LogP contribution in [0.25, 0.3) is 0 Å². The summed E-state index contributed by atoms with van der Waals surface area (Å²) >= 11 is 0. The molecule has 0 unspecified atom stereocenters. The van der Waals surface area contributed by atoms with Crippen molar-refractivity contribution in [3.63, 3.8) is 0 Å². The number of likely N-dealkylation sites (N-methyl/N-ethyl adjacent to an activating group) is 1. The fourth-order valence-corrected chi connectivity index (χ4v) is 1.03. The van der Waals surface area contributed by atoms with E-state index in [-0.39, 0.29) is 6.10 Å². The van der Waals surface area contributed by atoms with Crippen molar-refractivity contribution in [2.24, 2.45) is 0 Å². The van der Waals surface area contributed by atoms with Crippen LogP contribution in [-0.4, -0.2) is 18.7 Å². The fourth-order valence-electron chi connectivity index (χ4n) is 1.03. The van der Waals surface area contributed by atoms with E-state index in [2.05, 4.69) is 0 Å². The van der Waals surface area contributed by atoms with E-state index in [0.29, 0.717) is 0 Å². The van der Waals surface area contributed by atoms with Gasteiger partial charge in [-0.3, -0.25) is 0 Å². The average Bonchev–Trinajstić information content (AvgIpc) is 2.07. The molecule has 0 spiro atoms. The highest BCUT2D eigenvalue weighted by atomic mass is 16.3. The van der Waals surface area contributed by atoms with Gasteiger partial charge in [-0.2, -0.15) is 0 Å². The maximum atomic E-state index is 9.49. The predicted molar refractivity (Wildman–Crippen MR) is 44.1 cm³/mol. The van der Waals surface area contributed by atoms with Crippen molar-refractivity contribution in [3.8, 4) is 0 Å². The summed E-state index contributed by atoms with van der Waals surface area (Å²) in [5.74, 6) is 0. The zero-order valence-corrected chi connectivity index (χ0v) is 6.70. The quantitative estimate of drug-likeness (QED) is 0.624. The summed E-state index contributed by atoms with van der Waals surface area (Å²) in [5, 5.41) is 11.5. The topological polar surface area (TPSA) is 36.8 Å². The summed E-state index contributed by atoms with van der Waals surface area (Å²) in [7, 11) is 1.95.